The van der Waals surface area contributed by atoms with Gasteiger partial charge in [0, 0.05) is 24.0 Å². The number of carbonyl (C=O) groups is 1. The topological polar surface area (TPSA) is 109 Å². The van der Waals surface area contributed by atoms with E-state index in [2.05, 4.69) is 15.8 Å². The van der Waals surface area contributed by atoms with Crippen LogP contribution in [0.2, 0.25) is 0 Å². The van der Waals surface area contributed by atoms with Crippen LogP contribution in [-0.4, -0.2) is 53.3 Å². The maximum Gasteiger partial charge on any atom is 0.303 e. The van der Waals surface area contributed by atoms with Crippen molar-refractivity contribution in [2.75, 3.05) is 18.9 Å². The first-order valence-corrected chi connectivity index (χ1v) is 8.01. The van der Waals surface area contributed by atoms with Crippen molar-refractivity contribution in [3.05, 3.63) is 0 Å². The van der Waals surface area contributed by atoms with Crippen molar-refractivity contribution in [1.82, 2.24) is 10.8 Å². The molecule has 2 rings (SSSR count). The van der Waals surface area contributed by atoms with Gasteiger partial charge in [0.2, 0.25) is 5.96 Å². The van der Waals surface area contributed by atoms with E-state index < -0.39 is 5.97 Å². The van der Waals surface area contributed by atoms with E-state index in [-0.39, 0.29) is 12.5 Å². The molecule has 2 aliphatic rings. The Kier molecular flexibility index (Phi) is 5.93. The first-order valence-electron chi connectivity index (χ1n) is 6.96. The quantitative estimate of drug-likeness (QED) is 0.367. The lowest BCUT2D eigenvalue weighted by Crippen LogP contribution is -2.41. The minimum absolute atomic E-state index is 0.257. The zero-order chi connectivity index (χ0) is 14.4. The number of thioether (sulfide) groups is 1. The van der Waals surface area contributed by atoms with E-state index in [4.69, 9.17) is 15.7 Å². The number of fused-ring (bicyclic) bond motifs is 1. The summed E-state index contributed by atoms with van der Waals surface area (Å²) in [6.07, 6.45) is 2.95. The molecule has 0 aromatic rings. The molecule has 3 atom stereocenters. The fraction of sp³-hybridized carbons (Fsp3) is 0.833. The molecule has 0 aliphatic carbocycles. The molecule has 1 fully saturated rings. The van der Waals surface area contributed by atoms with Crippen LogP contribution < -0.4 is 16.5 Å². The van der Waals surface area contributed by atoms with Crippen molar-refractivity contribution in [3.8, 4) is 0 Å². The highest BCUT2D eigenvalue weighted by molar-refractivity contribution is 8.00. The minimum Gasteiger partial charge on any atom is -0.481 e. The van der Waals surface area contributed by atoms with Gasteiger partial charge in [0.25, 0.3) is 0 Å². The van der Waals surface area contributed by atoms with E-state index in [0.717, 1.165) is 25.0 Å². The molecule has 0 unspecified atom stereocenters. The maximum atomic E-state index is 10.5. The number of rotatable bonds is 8. The summed E-state index contributed by atoms with van der Waals surface area (Å²) < 4.78 is 0. The zero-order valence-electron chi connectivity index (χ0n) is 11.4. The second kappa shape index (κ2) is 7.70. The first-order chi connectivity index (χ1) is 9.70. The third-order valence-electron chi connectivity index (χ3n) is 3.40. The van der Waals surface area contributed by atoms with Gasteiger partial charge in [-0.1, -0.05) is 6.42 Å². The Labute approximate surface area is 122 Å². The maximum absolute atomic E-state index is 10.5. The van der Waals surface area contributed by atoms with Gasteiger partial charge in [-0.15, -0.1) is 0 Å². The number of aliphatic carboxylic acids is 1. The van der Waals surface area contributed by atoms with E-state index >= 15 is 0 Å². The summed E-state index contributed by atoms with van der Waals surface area (Å²) in [5, 5.41) is 12.4. The van der Waals surface area contributed by atoms with E-state index in [0.29, 0.717) is 30.4 Å². The Morgan fingerprint density at radius 3 is 3.20 bits per heavy atom. The highest BCUT2D eigenvalue weighted by Gasteiger charge is 2.40. The standard InChI is InChI=1S/C12H22N4O3S/c13-5-6-19-16-12-14-8-7-20-9(11(8)15-12)3-1-2-4-10(17)18/h8-9,11H,1-7,13H2,(H,17,18)(H2,14,15,16)/t8-,9-,11-/m0/s1. The predicted molar refractivity (Wildman–Crippen MR) is 78.6 cm³/mol. The van der Waals surface area contributed by atoms with Crippen LogP contribution in [0.3, 0.4) is 0 Å². The number of nitrogens with zero attached hydrogens (tertiary/aromatic N) is 1. The molecule has 0 radical (unpaired) electrons. The molecule has 0 spiro atoms. The van der Waals surface area contributed by atoms with Gasteiger partial charge >= 0.3 is 5.97 Å². The number of nitrogens with two attached hydrogens (primary N) is 1. The SMILES string of the molecule is NCCONC1=N[C@H]2[C@H](CS[C@H]2CCCCC(=O)O)N1. The molecule has 1 saturated heterocycles. The van der Waals surface area contributed by atoms with Crippen molar-refractivity contribution >= 4 is 23.7 Å². The Balaban J connectivity index is 1.72. The number of unbranched alkanes of at least 4 members (excludes halogenated alkanes) is 1. The van der Waals surface area contributed by atoms with Crippen LogP contribution in [0.1, 0.15) is 25.7 Å². The van der Waals surface area contributed by atoms with Gasteiger partial charge < -0.3 is 16.2 Å². The largest absolute Gasteiger partial charge is 0.481 e. The third-order valence-corrected chi connectivity index (χ3v) is 4.90. The van der Waals surface area contributed by atoms with Crippen LogP contribution >= 0.6 is 11.8 Å². The summed E-state index contributed by atoms with van der Waals surface area (Å²) in [6.45, 7) is 0.915. The molecule has 5 N–H and O–H groups in total. The summed E-state index contributed by atoms with van der Waals surface area (Å²) in [7, 11) is 0. The first kappa shape index (κ1) is 15.4. The number of carboxylic acid groups (broad SMARTS) is 1. The van der Waals surface area contributed by atoms with Gasteiger partial charge in [0.1, 0.15) is 0 Å². The number of hydroxylamine groups is 1. The number of guanidine groups is 1. The van der Waals surface area contributed by atoms with Crippen LogP contribution in [-0.2, 0) is 9.63 Å². The van der Waals surface area contributed by atoms with Crippen LogP contribution in [0.25, 0.3) is 0 Å². The average molecular weight is 302 g/mol. The molecule has 7 nitrogen and oxygen atoms in total. The smallest absolute Gasteiger partial charge is 0.303 e. The molecule has 0 aromatic carbocycles. The average Bonchev–Trinajstić information content (AvgIpc) is 2.95. The third kappa shape index (κ3) is 4.26. The van der Waals surface area contributed by atoms with Crippen molar-refractivity contribution in [3.63, 3.8) is 0 Å². The summed E-state index contributed by atoms with van der Waals surface area (Å²) in [5.74, 6) is 0.996. The molecule has 2 heterocycles. The summed E-state index contributed by atoms with van der Waals surface area (Å²) in [5.41, 5.74) is 8.13. The van der Waals surface area contributed by atoms with E-state index in [1.807, 2.05) is 11.8 Å². The van der Waals surface area contributed by atoms with E-state index in [9.17, 15) is 4.79 Å². The highest BCUT2D eigenvalue weighted by Crippen LogP contribution is 2.35. The van der Waals surface area contributed by atoms with Crippen LogP contribution in [0.5, 0.6) is 0 Å². The van der Waals surface area contributed by atoms with Crippen LogP contribution in [0.4, 0.5) is 0 Å². The number of carboxylic acids is 1. The molecule has 0 bridgehead atoms. The molecule has 8 heteroatoms. The number of hydrogen-bond acceptors (Lipinski definition) is 7. The van der Waals surface area contributed by atoms with Crippen molar-refractivity contribution < 1.29 is 14.7 Å². The van der Waals surface area contributed by atoms with Crippen LogP contribution in [0.15, 0.2) is 4.99 Å². The molecule has 114 valence electrons. The lowest BCUT2D eigenvalue weighted by molar-refractivity contribution is -0.137. The second-order valence-corrected chi connectivity index (χ2v) is 6.24. The summed E-state index contributed by atoms with van der Waals surface area (Å²) in [4.78, 5) is 20.2. The fourth-order valence-corrected chi connectivity index (χ4v) is 3.97. The number of hydrogen-bond donors (Lipinski definition) is 4. The normalized spacial score (nSPS) is 27.9. The molecule has 0 aromatic heterocycles. The second-order valence-electron chi connectivity index (χ2n) is 4.97. The highest BCUT2D eigenvalue weighted by atomic mass is 32.2. The molecular weight excluding hydrogens is 280 g/mol. The molecule has 0 amide bonds. The van der Waals surface area contributed by atoms with Gasteiger partial charge in [-0.2, -0.15) is 11.8 Å². The van der Waals surface area contributed by atoms with Gasteiger partial charge in [0.15, 0.2) is 0 Å². The lowest BCUT2D eigenvalue weighted by atomic mass is 10.0. The van der Waals surface area contributed by atoms with Crippen molar-refractivity contribution in [1.29, 1.82) is 0 Å². The van der Waals surface area contributed by atoms with E-state index in [1.54, 1.807) is 0 Å². The zero-order valence-corrected chi connectivity index (χ0v) is 12.2. The Morgan fingerprint density at radius 1 is 1.60 bits per heavy atom. The number of aliphatic imine (C=N–C) groups is 1. The Hall–Kier alpha value is -0.990. The van der Waals surface area contributed by atoms with Crippen molar-refractivity contribution in [2.45, 2.75) is 43.0 Å². The van der Waals surface area contributed by atoms with E-state index in [1.165, 1.54) is 0 Å². The molecule has 2 aliphatic heterocycles. The summed E-state index contributed by atoms with van der Waals surface area (Å²) >= 11 is 1.92. The predicted octanol–water partition coefficient (Wildman–Crippen LogP) is -0.0769. The molecular formula is C12H22N4O3S. The minimum atomic E-state index is -0.717. The molecule has 0 saturated carbocycles. The fourth-order valence-electron chi connectivity index (χ4n) is 2.46. The monoisotopic (exact) mass is 302 g/mol. The summed E-state index contributed by atoms with van der Waals surface area (Å²) in [6, 6.07) is 0.613. The van der Waals surface area contributed by atoms with Gasteiger partial charge in [0.05, 0.1) is 18.7 Å². The van der Waals surface area contributed by atoms with Crippen LogP contribution in [0, 0.1) is 0 Å². The molecule has 20 heavy (non-hydrogen) atoms. The Morgan fingerprint density at radius 2 is 2.45 bits per heavy atom. The van der Waals surface area contributed by atoms with Gasteiger partial charge in [-0.05, 0) is 12.8 Å². The Bertz CT molecular complexity index is 367. The van der Waals surface area contributed by atoms with Gasteiger partial charge in [-0.3, -0.25) is 9.63 Å². The van der Waals surface area contributed by atoms with Gasteiger partial charge in [-0.25, -0.2) is 10.5 Å². The lowest BCUT2D eigenvalue weighted by Gasteiger charge is -2.13. The van der Waals surface area contributed by atoms with Crippen molar-refractivity contribution in [2.24, 2.45) is 10.7 Å². The number of nitrogens with one attached hydrogen (secondary N) is 2.